The van der Waals surface area contributed by atoms with Crippen LogP contribution in [0.1, 0.15) is 132 Å². The van der Waals surface area contributed by atoms with Gasteiger partial charge in [0.2, 0.25) is 5.91 Å². The van der Waals surface area contributed by atoms with Gasteiger partial charge >= 0.3 is 11.9 Å². The van der Waals surface area contributed by atoms with Crippen LogP contribution in [-0.4, -0.2) is 109 Å². The molecule has 1 aliphatic rings. The molecule has 1 fully saturated rings. The van der Waals surface area contributed by atoms with Gasteiger partial charge in [-0.05, 0) is 63.6 Å². The Morgan fingerprint density at radius 2 is 1.47 bits per heavy atom. The first-order valence-electron chi connectivity index (χ1n) is 22.1. The smallest absolute Gasteiger partial charge is 0.309 e. The monoisotopic (exact) mass is 920 g/mol. The topological polar surface area (TPSA) is 225 Å². The Hall–Kier alpha value is -4.32. The number of amides is 2. The van der Waals surface area contributed by atoms with Gasteiger partial charge in [-0.3, -0.25) is 24.0 Å². The van der Waals surface area contributed by atoms with Crippen LogP contribution in [0, 0.1) is 5.92 Å². The molecular weight excluding hydrogens is 852 g/mol. The zero-order chi connectivity index (χ0) is 47.2. The molecule has 0 aromatic heterocycles. The number of benzene rings is 2. The van der Waals surface area contributed by atoms with Crippen LogP contribution in [0.5, 0.6) is 11.5 Å². The summed E-state index contributed by atoms with van der Waals surface area (Å²) in [5, 5.41) is 36.1. The molecule has 0 saturated carbocycles. The zero-order valence-corrected chi connectivity index (χ0v) is 38.9. The lowest BCUT2D eigenvalue weighted by Gasteiger charge is -2.41. The summed E-state index contributed by atoms with van der Waals surface area (Å²) < 4.78 is 32.3. The molecule has 2 aromatic rings. The number of aliphatic hydroxyl groups excluding tert-OH is 3. The molecule has 16 nitrogen and oxygen atoms in total. The van der Waals surface area contributed by atoms with Gasteiger partial charge in [0.15, 0.2) is 6.29 Å². The Bertz CT molecular complexity index is 1800. The molecule has 0 aliphatic carbocycles. The number of ketones is 1. The van der Waals surface area contributed by atoms with Crippen LogP contribution in [0.2, 0.25) is 5.02 Å². The summed E-state index contributed by atoms with van der Waals surface area (Å²) >= 11 is 6.52. The van der Waals surface area contributed by atoms with Crippen molar-refractivity contribution in [3.63, 3.8) is 0 Å². The van der Waals surface area contributed by atoms with Crippen LogP contribution < -0.4 is 20.1 Å². The van der Waals surface area contributed by atoms with E-state index < -0.39 is 66.6 Å². The van der Waals surface area contributed by atoms with E-state index >= 15 is 0 Å². The lowest BCUT2D eigenvalue weighted by Crippen LogP contribution is -2.64. The van der Waals surface area contributed by atoms with Gasteiger partial charge < -0.3 is 54.4 Å². The first-order chi connectivity index (χ1) is 30.5. The second kappa shape index (κ2) is 27.9. The highest BCUT2D eigenvalue weighted by atomic mass is 35.5. The Labute approximate surface area is 382 Å². The molecule has 0 bridgehead atoms. The maximum Gasteiger partial charge on any atom is 0.309 e. The van der Waals surface area contributed by atoms with Crippen LogP contribution >= 0.6 is 11.6 Å². The summed E-state index contributed by atoms with van der Waals surface area (Å²) in [6.45, 7) is 5.28. The number of ether oxygens (including phenoxy) is 6. The van der Waals surface area contributed by atoms with Crippen LogP contribution in [0.4, 0.5) is 0 Å². The van der Waals surface area contributed by atoms with E-state index in [4.69, 9.17) is 40.0 Å². The molecule has 1 saturated heterocycles. The number of esters is 2. The van der Waals surface area contributed by atoms with Crippen molar-refractivity contribution in [1.82, 2.24) is 10.6 Å². The van der Waals surface area contributed by atoms with E-state index in [2.05, 4.69) is 10.6 Å². The molecular formula is C47H69ClN2O14. The van der Waals surface area contributed by atoms with Crippen molar-refractivity contribution in [2.45, 2.75) is 160 Å². The molecule has 1 heterocycles. The Balaban J connectivity index is 1.30. The number of unbranched alkanes of at least 4 members (excludes halogenated alkanes) is 7. The maximum absolute atomic E-state index is 13.3. The lowest BCUT2D eigenvalue weighted by atomic mass is 9.96. The van der Waals surface area contributed by atoms with Crippen molar-refractivity contribution < 1.29 is 67.7 Å². The Morgan fingerprint density at radius 3 is 2.09 bits per heavy atom. The zero-order valence-electron chi connectivity index (χ0n) is 38.2. The largest absolute Gasteiger partial charge is 0.496 e. The van der Waals surface area contributed by atoms with Gasteiger partial charge in [0.1, 0.15) is 53.8 Å². The minimum absolute atomic E-state index is 0.0159. The molecule has 0 radical (unpaired) electrons. The predicted octanol–water partition coefficient (Wildman–Crippen LogP) is 5.89. The van der Waals surface area contributed by atoms with E-state index in [1.807, 2.05) is 24.3 Å². The minimum Gasteiger partial charge on any atom is -0.496 e. The molecule has 17 heteroatoms. The van der Waals surface area contributed by atoms with Gasteiger partial charge in [-0.25, -0.2) is 0 Å². The minimum atomic E-state index is -1.50. The van der Waals surface area contributed by atoms with Gasteiger partial charge in [0, 0.05) is 39.0 Å². The summed E-state index contributed by atoms with van der Waals surface area (Å²) in [5.41, 5.74) is 1.13. The first-order valence-corrected chi connectivity index (χ1v) is 22.5. The third-order valence-corrected chi connectivity index (χ3v) is 11.1. The molecule has 0 unspecified atom stereocenters. The number of nitrogens with one attached hydrogen (secondary N) is 2. The average Bonchev–Trinajstić information content (AvgIpc) is 3.26. The van der Waals surface area contributed by atoms with Crippen molar-refractivity contribution in [3.05, 3.63) is 58.1 Å². The number of methoxy groups -OCH3 is 3. The lowest BCUT2D eigenvalue weighted by molar-refractivity contribution is -0.261. The number of carbonyl (C=O) groups excluding carboxylic acids is 5. The van der Waals surface area contributed by atoms with Crippen molar-refractivity contribution in [2.75, 3.05) is 27.9 Å². The molecule has 1 aliphatic heterocycles. The van der Waals surface area contributed by atoms with Crippen LogP contribution in [0.3, 0.4) is 0 Å². The van der Waals surface area contributed by atoms with Gasteiger partial charge in [0.25, 0.3) is 5.91 Å². The van der Waals surface area contributed by atoms with Crippen molar-refractivity contribution in [1.29, 1.82) is 0 Å². The summed E-state index contributed by atoms with van der Waals surface area (Å²) in [6, 6.07) is 9.22. The second-order valence-electron chi connectivity index (χ2n) is 17.1. The summed E-state index contributed by atoms with van der Waals surface area (Å²) in [5.74, 6) is -1.48. The fraction of sp³-hybridized carbons (Fsp3) is 0.638. The predicted molar refractivity (Wildman–Crippen MR) is 238 cm³/mol. The quantitative estimate of drug-likeness (QED) is 0.0496. The van der Waals surface area contributed by atoms with Gasteiger partial charge in [-0.15, -0.1) is 0 Å². The van der Waals surface area contributed by atoms with Gasteiger partial charge in [0.05, 0.1) is 43.8 Å². The summed E-state index contributed by atoms with van der Waals surface area (Å²) in [6.07, 6.45) is 4.54. The van der Waals surface area contributed by atoms with Crippen LogP contribution in [0.15, 0.2) is 36.4 Å². The number of carbonyl (C=O) groups is 5. The highest BCUT2D eigenvalue weighted by Gasteiger charge is 2.45. The van der Waals surface area contributed by atoms with Crippen molar-refractivity contribution in [2.24, 2.45) is 5.92 Å². The summed E-state index contributed by atoms with van der Waals surface area (Å²) in [4.78, 5) is 62.6. The molecule has 64 heavy (non-hydrogen) atoms. The number of hydrogen-bond donors (Lipinski definition) is 5. The third-order valence-electron chi connectivity index (χ3n) is 10.8. The van der Waals surface area contributed by atoms with Crippen molar-refractivity contribution >= 4 is 41.1 Å². The maximum atomic E-state index is 13.3. The standard InChI is InChI=1S/C47H69ClN2O14/c1-47(2,3)64-40(54)24-32(45(58)60-5)19-12-11-14-21-33(52)20-13-9-7-8-10-15-22-39(53)49-27-30-17-16-18-31(23-30)29-62-37-26-36(59-4)34(25-35(37)48)44(57)50-41-43(56)42(55)38(28-51)63-46(41)61-6/h16-18,23,25-26,32,38,41-43,46,51,55-56H,7-15,19-22,24,27-29H2,1-6H3,(H,49,53)(H,50,57)/t32-,38-,41-,42-,43-,46+/m1/s1. The van der Waals surface area contributed by atoms with E-state index in [-0.39, 0.29) is 46.8 Å². The molecule has 0 spiro atoms. The summed E-state index contributed by atoms with van der Waals surface area (Å²) in [7, 11) is 3.99. The van der Waals surface area contributed by atoms with Gasteiger partial charge in [-0.2, -0.15) is 0 Å². The van der Waals surface area contributed by atoms with Gasteiger partial charge in [-0.1, -0.05) is 74.4 Å². The second-order valence-corrected chi connectivity index (χ2v) is 17.5. The third kappa shape index (κ3) is 18.6. The fourth-order valence-electron chi connectivity index (χ4n) is 7.32. The van der Waals surface area contributed by atoms with Crippen molar-refractivity contribution in [3.8, 4) is 11.5 Å². The fourth-order valence-corrected chi connectivity index (χ4v) is 7.54. The highest BCUT2D eigenvalue weighted by molar-refractivity contribution is 6.32. The Morgan fingerprint density at radius 1 is 0.828 bits per heavy atom. The molecule has 5 N–H and O–H groups in total. The Kier molecular flexibility index (Phi) is 23.5. The number of hydrogen-bond acceptors (Lipinski definition) is 14. The molecule has 6 atom stereocenters. The van der Waals surface area contributed by atoms with E-state index in [9.17, 15) is 39.3 Å². The molecule has 3 rings (SSSR count). The number of Topliss-reactive ketones (excluding diaryl/α,β-unsaturated/α-hetero) is 1. The first kappa shape index (κ1) is 54.0. The van der Waals surface area contributed by atoms with E-state index in [1.54, 1.807) is 20.8 Å². The SMILES string of the molecule is COC(=O)[C@H](CCCCCC(=O)CCCCCCCCC(=O)NCc1cccc(COc2cc(OC)c(C(=O)N[C@H]3[C@@H](OC)O[C@H](CO)[C@@H](O)[C@@H]3O)cc2Cl)c1)CC(=O)OC(C)(C)C. The highest BCUT2D eigenvalue weighted by Crippen LogP contribution is 2.34. The molecule has 2 amide bonds. The molecule has 358 valence electrons. The molecule has 2 aromatic carbocycles. The van der Waals surface area contributed by atoms with E-state index in [1.165, 1.54) is 33.5 Å². The average molecular weight is 922 g/mol. The number of aliphatic hydroxyl groups is 3. The number of halogens is 1. The van der Waals surface area contributed by atoms with Crippen LogP contribution in [0.25, 0.3) is 0 Å². The van der Waals surface area contributed by atoms with E-state index in [0.29, 0.717) is 32.2 Å². The normalized spacial score (nSPS) is 19.0. The van der Waals surface area contributed by atoms with Crippen LogP contribution in [-0.2, 0) is 51.3 Å². The number of rotatable bonds is 28. The van der Waals surface area contributed by atoms with E-state index in [0.717, 1.165) is 68.9 Å².